The monoisotopic (exact) mass is 571 g/mol. The third-order valence-corrected chi connectivity index (χ3v) is 5.31. The van der Waals surface area contributed by atoms with Gasteiger partial charge in [-0.25, -0.2) is 0 Å². The molecule has 0 radical (unpaired) electrons. The highest BCUT2D eigenvalue weighted by molar-refractivity contribution is 7.80. The first-order valence-corrected chi connectivity index (χ1v) is 11.7. The van der Waals surface area contributed by atoms with Gasteiger partial charge in [0.25, 0.3) is 0 Å². The van der Waals surface area contributed by atoms with E-state index < -0.39 is 0 Å². The molecule has 0 aliphatic rings. The highest BCUT2D eigenvalue weighted by Crippen LogP contribution is 2.44. The average molecular weight is 574 g/mol. The Hall–Kier alpha value is -1.12. The van der Waals surface area contributed by atoms with Crippen LogP contribution in [0, 0.1) is 0 Å². The number of nitrogens with one attached hydrogen (secondary N) is 1. The summed E-state index contributed by atoms with van der Waals surface area (Å²) in [7, 11) is 0. The number of halogens is 6. The Bertz CT molecular complexity index is 971. The van der Waals surface area contributed by atoms with E-state index >= 15 is 0 Å². The Morgan fingerprint density at radius 3 is 1.78 bits per heavy atom. The number of nitrogens with zero attached hydrogens (tertiary/aromatic N) is 2. The number of hydrogen-bond donors (Lipinski definition) is 2. The molecule has 0 fully saturated rings. The van der Waals surface area contributed by atoms with E-state index in [1.807, 2.05) is 0 Å². The summed E-state index contributed by atoms with van der Waals surface area (Å²) < 4.78 is 5.57. The number of carbonyl (C=O) groups is 1. The fraction of sp³-hybridized carbons (Fsp3) is 0.150. The minimum Gasteiger partial charge on any atom is -0.451 e. The Kier molecular flexibility index (Phi) is 11.5. The zero-order valence-electron chi connectivity index (χ0n) is 16.1. The zero-order chi connectivity index (χ0) is 23.7. The highest BCUT2D eigenvalue weighted by Gasteiger charge is 2.15. The van der Waals surface area contributed by atoms with Gasteiger partial charge in [0.2, 0.25) is 5.91 Å². The highest BCUT2D eigenvalue weighted by atomic mass is 35.5. The third kappa shape index (κ3) is 8.67. The lowest BCUT2D eigenvalue weighted by Crippen LogP contribution is -2.27. The Morgan fingerprint density at radius 2 is 1.38 bits per heavy atom. The van der Waals surface area contributed by atoms with Crippen molar-refractivity contribution in [2.24, 2.45) is 0 Å². The second-order valence-electron chi connectivity index (χ2n) is 5.95. The van der Waals surface area contributed by atoms with Crippen LogP contribution in [0.3, 0.4) is 0 Å². The predicted octanol–water partition coefficient (Wildman–Crippen LogP) is 7.46. The van der Waals surface area contributed by atoms with Gasteiger partial charge in [0, 0.05) is 40.9 Å². The number of aromatic nitrogens is 2. The fourth-order valence-corrected chi connectivity index (χ4v) is 4.10. The summed E-state index contributed by atoms with van der Waals surface area (Å²) in [6.45, 7) is 0.586. The summed E-state index contributed by atoms with van der Waals surface area (Å²) in [5, 5.41) is 4.49. The van der Waals surface area contributed by atoms with Gasteiger partial charge in [-0.15, -0.1) is 0 Å². The summed E-state index contributed by atoms with van der Waals surface area (Å²) >= 11 is 39.7. The van der Waals surface area contributed by atoms with Crippen molar-refractivity contribution in [2.45, 2.75) is 6.42 Å². The van der Waals surface area contributed by atoms with Crippen LogP contribution in [0.5, 0.6) is 11.5 Å². The minimum absolute atomic E-state index is 0.0467. The molecule has 0 unspecified atom stereocenters. The quantitative estimate of drug-likeness (QED) is 0.300. The van der Waals surface area contributed by atoms with E-state index in [1.54, 1.807) is 18.6 Å². The molecule has 12 heteroatoms. The van der Waals surface area contributed by atoms with Crippen LogP contribution in [-0.2, 0) is 11.2 Å². The fourth-order valence-electron chi connectivity index (χ4n) is 2.20. The number of thiol groups is 1. The van der Waals surface area contributed by atoms with Crippen molar-refractivity contribution in [3.63, 3.8) is 0 Å². The summed E-state index contributed by atoms with van der Waals surface area (Å²) in [4.78, 5) is 19.0. The van der Waals surface area contributed by atoms with Crippen molar-refractivity contribution >= 4 is 88.1 Å². The number of ether oxygens (including phenoxy) is 1. The topological polar surface area (TPSA) is 64.1 Å². The Labute approximate surface area is 220 Å². The predicted molar refractivity (Wildman–Crippen MR) is 136 cm³/mol. The molecule has 5 nitrogen and oxygen atoms in total. The minimum atomic E-state index is -0.0467. The molecule has 0 spiro atoms. The van der Waals surface area contributed by atoms with E-state index in [0.717, 1.165) is 0 Å². The number of rotatable bonds is 6. The molecule has 0 aliphatic heterocycles. The SMILES string of the molecule is Clc1cc(Cl)c(Oc2c(Cl)cc(Cl)cc2Cl)c(Cl)c1.O=C(Cc1cnccn1)NCCS. The molecular weight excluding hydrogens is 559 g/mol. The standard InChI is InChI=1S/C12H4Cl6O.C8H11N3OS/c13-5-1-7(15)11(8(16)2-5)19-12-9(17)3-6(14)4-10(12)18;12-8(11-3-4-13)5-7-6-9-1-2-10-7/h1-4H;1-2,6,13H,3-5H2,(H,11,12). The third-order valence-electron chi connectivity index (χ3n) is 3.52. The Balaban J connectivity index is 0.000000244. The van der Waals surface area contributed by atoms with E-state index in [4.69, 9.17) is 74.3 Å². The van der Waals surface area contributed by atoms with Crippen LogP contribution < -0.4 is 10.1 Å². The van der Waals surface area contributed by atoms with Gasteiger partial charge in [-0.3, -0.25) is 14.8 Å². The first-order chi connectivity index (χ1) is 15.2. The number of benzene rings is 2. The van der Waals surface area contributed by atoms with Crippen molar-refractivity contribution in [3.8, 4) is 11.5 Å². The van der Waals surface area contributed by atoms with Gasteiger partial charge in [-0.2, -0.15) is 12.6 Å². The molecule has 0 saturated carbocycles. The van der Waals surface area contributed by atoms with Gasteiger partial charge < -0.3 is 10.1 Å². The maximum absolute atomic E-state index is 11.2. The second kappa shape index (κ2) is 13.6. The lowest BCUT2D eigenvalue weighted by Gasteiger charge is -2.12. The average Bonchev–Trinajstić information content (AvgIpc) is 2.71. The van der Waals surface area contributed by atoms with E-state index in [0.29, 0.717) is 28.0 Å². The van der Waals surface area contributed by atoms with E-state index in [9.17, 15) is 4.79 Å². The van der Waals surface area contributed by atoms with Crippen LogP contribution in [0.15, 0.2) is 42.9 Å². The zero-order valence-corrected chi connectivity index (χ0v) is 21.5. The molecule has 3 aromatic rings. The molecule has 0 bridgehead atoms. The van der Waals surface area contributed by atoms with E-state index in [1.165, 1.54) is 24.3 Å². The summed E-state index contributed by atoms with van der Waals surface area (Å²) in [6.07, 6.45) is 5.01. The lowest BCUT2D eigenvalue weighted by molar-refractivity contribution is -0.120. The van der Waals surface area contributed by atoms with Crippen molar-refractivity contribution < 1.29 is 9.53 Å². The molecular formula is C20H15Cl6N3O2S. The molecule has 1 heterocycles. The van der Waals surface area contributed by atoms with Crippen LogP contribution in [-0.4, -0.2) is 28.2 Å². The number of hydrogen-bond acceptors (Lipinski definition) is 5. The van der Waals surface area contributed by atoms with Gasteiger partial charge >= 0.3 is 0 Å². The lowest BCUT2D eigenvalue weighted by atomic mass is 10.3. The van der Waals surface area contributed by atoms with Gasteiger partial charge in [0.1, 0.15) is 0 Å². The van der Waals surface area contributed by atoms with Gasteiger partial charge in [-0.05, 0) is 24.3 Å². The molecule has 3 rings (SSSR count). The molecule has 1 aromatic heterocycles. The normalized spacial score (nSPS) is 10.2. The van der Waals surface area contributed by atoms with Crippen molar-refractivity contribution in [1.82, 2.24) is 15.3 Å². The van der Waals surface area contributed by atoms with Gasteiger partial charge in [0.15, 0.2) is 11.5 Å². The Morgan fingerprint density at radius 1 is 0.875 bits per heavy atom. The molecule has 2 aromatic carbocycles. The molecule has 170 valence electrons. The van der Waals surface area contributed by atoms with Crippen LogP contribution in [0.1, 0.15) is 5.69 Å². The van der Waals surface area contributed by atoms with Crippen molar-refractivity contribution in [2.75, 3.05) is 12.3 Å². The molecule has 0 saturated heterocycles. The van der Waals surface area contributed by atoms with Gasteiger partial charge in [0.05, 0.1) is 32.2 Å². The molecule has 1 amide bonds. The summed E-state index contributed by atoms with van der Waals surface area (Å²) in [6, 6.07) is 6.01. The summed E-state index contributed by atoms with van der Waals surface area (Å²) in [5.41, 5.74) is 0.680. The molecule has 32 heavy (non-hydrogen) atoms. The van der Waals surface area contributed by atoms with Crippen LogP contribution in [0.25, 0.3) is 0 Å². The van der Waals surface area contributed by atoms with E-state index in [2.05, 4.69) is 27.9 Å². The molecule has 1 N–H and O–H groups in total. The maximum Gasteiger partial charge on any atom is 0.226 e. The molecule has 0 atom stereocenters. The van der Waals surface area contributed by atoms with Crippen LogP contribution in [0.4, 0.5) is 0 Å². The largest absolute Gasteiger partial charge is 0.451 e. The van der Waals surface area contributed by atoms with Crippen LogP contribution in [0.2, 0.25) is 30.1 Å². The van der Waals surface area contributed by atoms with Gasteiger partial charge in [-0.1, -0.05) is 69.6 Å². The maximum atomic E-state index is 11.2. The first-order valence-electron chi connectivity index (χ1n) is 8.80. The smallest absolute Gasteiger partial charge is 0.226 e. The van der Waals surface area contributed by atoms with Crippen LogP contribution >= 0.6 is 82.2 Å². The second-order valence-corrected chi connectivity index (χ2v) is 8.90. The van der Waals surface area contributed by atoms with E-state index in [-0.39, 0.29) is 43.9 Å². The molecule has 0 aliphatic carbocycles. The first kappa shape index (κ1) is 27.1. The summed E-state index contributed by atoms with van der Waals surface area (Å²) in [5.74, 6) is 1.04. The number of amides is 1. The number of carbonyl (C=O) groups excluding carboxylic acids is 1. The van der Waals surface area contributed by atoms with Crippen molar-refractivity contribution in [3.05, 3.63) is 78.7 Å². The van der Waals surface area contributed by atoms with Crippen molar-refractivity contribution in [1.29, 1.82) is 0 Å².